The van der Waals surface area contributed by atoms with Crippen LogP contribution < -0.4 is 4.72 Å². The van der Waals surface area contributed by atoms with E-state index in [1.54, 1.807) is 58.3 Å². The molecule has 2 N–H and O–H groups in total. The Hall–Kier alpha value is -3.28. The second kappa shape index (κ2) is 9.30. The van der Waals surface area contributed by atoms with Gasteiger partial charge in [0.25, 0.3) is 10.0 Å². The molecular formula is C25H31FN4O4S2. The zero-order valence-electron chi connectivity index (χ0n) is 19.5. The highest BCUT2D eigenvalue weighted by Gasteiger charge is 2.37. The second-order valence-electron chi connectivity index (χ2n) is 8.90. The van der Waals surface area contributed by atoms with E-state index in [1.807, 2.05) is 0 Å². The molecule has 1 saturated heterocycles. The summed E-state index contributed by atoms with van der Waals surface area (Å²) >= 11 is 1.18. The van der Waals surface area contributed by atoms with Gasteiger partial charge in [-0.3, -0.25) is 9.52 Å². The lowest BCUT2D eigenvalue weighted by molar-refractivity contribution is -0.138. The molecule has 1 aliphatic rings. The monoisotopic (exact) mass is 534 g/mol. The number of rotatable bonds is 6. The van der Waals surface area contributed by atoms with Gasteiger partial charge in [0.2, 0.25) is 5.91 Å². The van der Waals surface area contributed by atoms with Gasteiger partial charge >= 0.3 is 0 Å². The number of fused-ring (bicyclic) bond motifs is 1. The van der Waals surface area contributed by atoms with E-state index < -0.39 is 21.7 Å². The zero-order chi connectivity index (χ0) is 25.5. The minimum atomic E-state index is -3.78. The molecule has 2 aromatic heterocycles. The molecule has 194 valence electrons. The number of carbonyl (C=O) groups excluding carboxylic acids is 1. The Kier molecular flexibility index (Phi) is 6.31. The Bertz CT molecular complexity index is 1510. The van der Waals surface area contributed by atoms with Crippen molar-refractivity contribution in [2.24, 2.45) is 0 Å². The fraction of sp³-hybridized carbons (Fsp3) is 0.280. The standard InChI is InChI=1S/C25H25FN4O4S2.3H2/c1-17(30-13-9-20-21(26)3-2-4-22(20)30)23(31)29-14-10-25(32,11-15-29)18-5-7-19(8-6-18)36(33,34)28-24-27-12-16-35-24;;;/h2-9,12-13,16-17,32H,10-11,14-15H2,1H3,(H,27,28);3*1H/t17-;;;/m0.../s1. The lowest BCUT2D eigenvalue weighted by atomic mass is 9.84. The van der Waals surface area contributed by atoms with Gasteiger partial charge in [-0.2, -0.15) is 0 Å². The van der Waals surface area contributed by atoms with Crippen LogP contribution in [0.15, 0.2) is 71.2 Å². The number of nitrogens with zero attached hydrogens (tertiary/aromatic N) is 3. The van der Waals surface area contributed by atoms with Gasteiger partial charge in [-0.05, 0) is 55.7 Å². The van der Waals surface area contributed by atoms with Crippen LogP contribution in [0, 0.1) is 5.82 Å². The van der Waals surface area contributed by atoms with E-state index in [1.165, 1.54) is 35.7 Å². The molecule has 1 atom stereocenters. The molecule has 4 aromatic rings. The maximum absolute atomic E-state index is 14.1. The van der Waals surface area contributed by atoms with Gasteiger partial charge in [0, 0.05) is 40.5 Å². The molecule has 0 radical (unpaired) electrons. The number of benzene rings is 2. The van der Waals surface area contributed by atoms with Crippen molar-refractivity contribution in [2.75, 3.05) is 17.8 Å². The summed E-state index contributed by atoms with van der Waals surface area (Å²) in [6, 6.07) is 12.1. The number of hydrogen-bond acceptors (Lipinski definition) is 6. The van der Waals surface area contributed by atoms with Crippen molar-refractivity contribution in [3.8, 4) is 0 Å². The van der Waals surface area contributed by atoms with Crippen LogP contribution in [-0.4, -0.2) is 47.0 Å². The number of aromatic nitrogens is 2. The van der Waals surface area contributed by atoms with Gasteiger partial charge in [-0.15, -0.1) is 11.3 Å². The average Bonchev–Trinajstić information content (AvgIpc) is 3.54. The average molecular weight is 535 g/mol. The van der Waals surface area contributed by atoms with E-state index in [4.69, 9.17) is 0 Å². The number of anilines is 1. The molecule has 8 nitrogen and oxygen atoms in total. The van der Waals surface area contributed by atoms with Gasteiger partial charge in [0.15, 0.2) is 5.13 Å². The number of sulfonamides is 1. The first kappa shape index (κ1) is 24.4. The normalized spacial score (nSPS) is 16.7. The van der Waals surface area contributed by atoms with Crippen LogP contribution in [0.4, 0.5) is 9.52 Å². The van der Waals surface area contributed by atoms with Crippen molar-refractivity contribution < 1.29 is 27.0 Å². The molecule has 1 amide bonds. The van der Waals surface area contributed by atoms with Crippen LogP contribution in [0.2, 0.25) is 0 Å². The van der Waals surface area contributed by atoms with E-state index in [-0.39, 0.29) is 26.0 Å². The summed E-state index contributed by atoms with van der Waals surface area (Å²) in [7, 11) is -3.78. The van der Waals surface area contributed by atoms with Crippen LogP contribution in [0.25, 0.3) is 10.9 Å². The van der Waals surface area contributed by atoms with E-state index in [0.29, 0.717) is 42.4 Å². The fourth-order valence-electron chi connectivity index (χ4n) is 4.65. The number of carbonyl (C=O) groups is 1. The number of amides is 1. The van der Waals surface area contributed by atoms with Gasteiger partial charge in [-0.1, -0.05) is 18.2 Å². The van der Waals surface area contributed by atoms with Crippen molar-refractivity contribution in [1.29, 1.82) is 0 Å². The van der Waals surface area contributed by atoms with Gasteiger partial charge < -0.3 is 14.6 Å². The summed E-state index contributed by atoms with van der Waals surface area (Å²) in [4.78, 5) is 18.9. The molecule has 1 aliphatic heterocycles. The Morgan fingerprint density at radius 1 is 1.19 bits per heavy atom. The number of nitrogens with one attached hydrogen (secondary N) is 1. The Labute approximate surface area is 216 Å². The summed E-state index contributed by atoms with van der Waals surface area (Å²) in [5.41, 5.74) is 0.0837. The lowest BCUT2D eigenvalue weighted by Crippen LogP contribution is -2.47. The molecular weight excluding hydrogens is 503 g/mol. The first-order valence-corrected chi connectivity index (χ1v) is 13.8. The van der Waals surface area contributed by atoms with Crippen molar-refractivity contribution >= 4 is 43.3 Å². The number of likely N-dealkylation sites (tertiary alicyclic amines) is 1. The van der Waals surface area contributed by atoms with Crippen LogP contribution in [-0.2, 0) is 20.4 Å². The van der Waals surface area contributed by atoms with Gasteiger partial charge in [-0.25, -0.2) is 17.8 Å². The maximum Gasteiger partial charge on any atom is 0.263 e. The number of halogens is 1. The predicted octanol–water partition coefficient (Wildman–Crippen LogP) is 4.85. The zero-order valence-corrected chi connectivity index (χ0v) is 21.1. The number of thiazole rings is 1. The van der Waals surface area contributed by atoms with Crippen LogP contribution >= 0.6 is 11.3 Å². The van der Waals surface area contributed by atoms with E-state index in [0.717, 1.165) is 0 Å². The number of aliphatic hydroxyl groups is 1. The molecule has 3 heterocycles. The number of piperidine rings is 1. The Balaban J connectivity index is 0.00000178. The minimum Gasteiger partial charge on any atom is -0.385 e. The van der Waals surface area contributed by atoms with Crippen molar-refractivity contribution in [3.63, 3.8) is 0 Å². The number of hydrogen-bond donors (Lipinski definition) is 2. The first-order chi connectivity index (χ1) is 17.2. The molecule has 0 unspecified atom stereocenters. The maximum atomic E-state index is 14.1. The van der Waals surface area contributed by atoms with E-state index in [2.05, 4.69) is 9.71 Å². The highest BCUT2D eigenvalue weighted by molar-refractivity contribution is 7.93. The third-order valence-electron chi connectivity index (χ3n) is 6.74. The molecule has 2 aromatic carbocycles. The third kappa shape index (κ3) is 4.49. The van der Waals surface area contributed by atoms with Crippen molar-refractivity contribution in [2.45, 2.75) is 36.3 Å². The molecule has 1 fully saturated rings. The molecule has 11 heteroatoms. The summed E-state index contributed by atoms with van der Waals surface area (Å²) < 4.78 is 43.4. The molecule has 0 saturated carbocycles. The van der Waals surface area contributed by atoms with Crippen LogP contribution in [0.1, 0.15) is 35.7 Å². The van der Waals surface area contributed by atoms with Crippen molar-refractivity contribution in [1.82, 2.24) is 14.5 Å². The second-order valence-corrected chi connectivity index (χ2v) is 11.5. The highest BCUT2D eigenvalue weighted by Crippen LogP contribution is 2.34. The Morgan fingerprint density at radius 3 is 2.58 bits per heavy atom. The largest absolute Gasteiger partial charge is 0.385 e. The summed E-state index contributed by atoms with van der Waals surface area (Å²) in [5, 5.41) is 13.7. The summed E-state index contributed by atoms with van der Waals surface area (Å²) in [6.07, 6.45) is 3.86. The van der Waals surface area contributed by atoms with Crippen molar-refractivity contribution in [3.05, 3.63) is 77.7 Å². The fourth-order valence-corrected chi connectivity index (χ4v) is 6.44. The first-order valence-electron chi connectivity index (χ1n) is 11.5. The van der Waals surface area contributed by atoms with Gasteiger partial charge in [0.1, 0.15) is 11.9 Å². The molecule has 36 heavy (non-hydrogen) atoms. The molecule has 0 aliphatic carbocycles. The minimum absolute atomic E-state index is 0. The quantitative estimate of drug-likeness (QED) is 0.368. The Morgan fingerprint density at radius 2 is 1.92 bits per heavy atom. The third-order valence-corrected chi connectivity index (χ3v) is 8.92. The molecule has 5 rings (SSSR count). The SMILES string of the molecule is C[C@@H](C(=O)N1CCC(O)(c2ccc(S(=O)(=O)Nc3nccs3)cc2)CC1)n1ccc2c(F)cccc21.[HH].[HH].[HH]. The molecule has 0 bridgehead atoms. The van der Waals surface area contributed by atoms with E-state index in [9.17, 15) is 22.7 Å². The van der Waals surface area contributed by atoms with E-state index >= 15 is 0 Å². The summed E-state index contributed by atoms with van der Waals surface area (Å²) in [5.74, 6) is -0.430. The lowest BCUT2D eigenvalue weighted by Gasteiger charge is -2.39. The summed E-state index contributed by atoms with van der Waals surface area (Å²) in [6.45, 7) is 2.48. The van der Waals surface area contributed by atoms with Crippen LogP contribution in [0.5, 0.6) is 0 Å². The van der Waals surface area contributed by atoms with Crippen LogP contribution in [0.3, 0.4) is 0 Å². The van der Waals surface area contributed by atoms with Gasteiger partial charge in [0.05, 0.1) is 16.0 Å². The smallest absolute Gasteiger partial charge is 0.263 e. The highest BCUT2D eigenvalue weighted by atomic mass is 32.2. The molecule has 0 spiro atoms. The topological polar surface area (TPSA) is 105 Å². The predicted molar refractivity (Wildman–Crippen MR) is 142 cm³/mol.